The number of rotatable bonds is 5. The van der Waals surface area contributed by atoms with Crippen molar-refractivity contribution >= 4 is 11.7 Å². The van der Waals surface area contributed by atoms with Crippen LogP contribution >= 0.6 is 0 Å². The zero-order valence-electron chi connectivity index (χ0n) is 18.9. The lowest BCUT2D eigenvalue weighted by molar-refractivity contribution is 0.0995. The number of aliphatic hydroxyl groups is 1. The van der Waals surface area contributed by atoms with E-state index in [0.717, 1.165) is 29.7 Å². The van der Waals surface area contributed by atoms with Crippen LogP contribution in [0.3, 0.4) is 0 Å². The highest BCUT2D eigenvalue weighted by Gasteiger charge is 2.34. The molecule has 176 valence electrons. The van der Waals surface area contributed by atoms with Gasteiger partial charge in [-0.15, -0.1) is 10.2 Å². The van der Waals surface area contributed by atoms with Gasteiger partial charge >= 0.3 is 0 Å². The predicted molar refractivity (Wildman–Crippen MR) is 124 cm³/mol. The minimum Gasteiger partial charge on any atom is -0.392 e. The van der Waals surface area contributed by atoms with Gasteiger partial charge in [-0.05, 0) is 65.9 Å². The number of carbonyl (C=O) groups excluding carboxylic acids is 1. The fourth-order valence-corrected chi connectivity index (χ4v) is 4.60. The van der Waals surface area contributed by atoms with Gasteiger partial charge in [0, 0.05) is 35.3 Å². The molecule has 1 aliphatic carbocycles. The molecule has 1 fully saturated rings. The number of pyridine rings is 1. The average Bonchev–Trinajstić information content (AvgIpc) is 3.54. The van der Waals surface area contributed by atoms with Crippen LogP contribution in [0.1, 0.15) is 45.9 Å². The van der Waals surface area contributed by atoms with Gasteiger partial charge in [0.2, 0.25) is 0 Å². The van der Waals surface area contributed by atoms with Crippen molar-refractivity contribution in [1.29, 1.82) is 0 Å². The SMILES string of the molecule is Cn1cnnc1-c1cc(F)ccc1-c1cc(C2CC2)nc(N2Cc3c(F)cc(CO)cc3C2=O)c1. The Hall–Kier alpha value is -3.98. The van der Waals surface area contributed by atoms with E-state index in [1.54, 1.807) is 30.1 Å². The van der Waals surface area contributed by atoms with Crippen LogP contribution in [0, 0.1) is 11.6 Å². The summed E-state index contributed by atoms with van der Waals surface area (Å²) >= 11 is 0. The van der Waals surface area contributed by atoms with Crippen molar-refractivity contribution in [1.82, 2.24) is 19.7 Å². The summed E-state index contributed by atoms with van der Waals surface area (Å²) in [6, 6.07) is 11.0. The van der Waals surface area contributed by atoms with E-state index < -0.39 is 11.6 Å². The molecule has 3 heterocycles. The van der Waals surface area contributed by atoms with Crippen LogP contribution in [0.5, 0.6) is 0 Å². The number of halogens is 2. The highest BCUT2D eigenvalue weighted by molar-refractivity contribution is 6.10. The molecule has 0 bridgehead atoms. The standard InChI is InChI=1S/C26H21F2N5O2/c1-32-13-29-31-25(32)19-10-17(27)4-5-18(19)16-8-23(15-2-3-15)30-24(9-16)33-11-21-20(26(33)35)6-14(12-34)7-22(21)28/h4-10,13,15,34H,2-3,11-12H2,1H3. The molecule has 7 nitrogen and oxygen atoms in total. The summed E-state index contributed by atoms with van der Waals surface area (Å²) in [7, 11) is 1.78. The first-order valence-electron chi connectivity index (χ1n) is 11.3. The Balaban J connectivity index is 1.48. The van der Waals surface area contributed by atoms with E-state index in [9.17, 15) is 18.7 Å². The number of anilines is 1. The van der Waals surface area contributed by atoms with Crippen molar-refractivity contribution in [2.75, 3.05) is 4.90 Å². The molecule has 0 atom stereocenters. The molecule has 4 aromatic rings. The Morgan fingerprint density at radius 2 is 1.89 bits per heavy atom. The second-order valence-electron chi connectivity index (χ2n) is 9.02. The average molecular weight is 473 g/mol. The molecular formula is C26H21F2N5O2. The molecular weight excluding hydrogens is 452 g/mol. The number of nitrogens with zero attached hydrogens (tertiary/aromatic N) is 5. The summed E-state index contributed by atoms with van der Waals surface area (Å²) in [4.78, 5) is 19.5. The highest BCUT2D eigenvalue weighted by atomic mass is 19.1. The number of aromatic nitrogens is 4. The van der Waals surface area contributed by atoms with Gasteiger partial charge in [0.1, 0.15) is 23.8 Å². The van der Waals surface area contributed by atoms with Crippen molar-refractivity contribution in [2.45, 2.75) is 31.9 Å². The third-order valence-corrected chi connectivity index (χ3v) is 6.58. The molecule has 1 amide bonds. The lowest BCUT2D eigenvalue weighted by Crippen LogP contribution is -2.24. The Bertz CT molecular complexity index is 1500. The summed E-state index contributed by atoms with van der Waals surface area (Å²) < 4.78 is 30.7. The summed E-state index contributed by atoms with van der Waals surface area (Å²) in [5, 5.41) is 17.5. The first-order chi connectivity index (χ1) is 16.9. The van der Waals surface area contributed by atoms with Crippen molar-refractivity contribution in [3.63, 3.8) is 0 Å². The number of carbonyl (C=O) groups is 1. The van der Waals surface area contributed by atoms with Crippen molar-refractivity contribution < 1.29 is 18.7 Å². The topological polar surface area (TPSA) is 84.1 Å². The number of aliphatic hydroxyl groups excluding tert-OH is 1. The first-order valence-corrected chi connectivity index (χ1v) is 11.3. The number of amides is 1. The minimum atomic E-state index is -0.524. The fraction of sp³-hybridized carbons (Fsp3) is 0.231. The normalized spacial score (nSPS) is 15.1. The van der Waals surface area contributed by atoms with Gasteiger partial charge in [0.15, 0.2) is 5.82 Å². The highest BCUT2D eigenvalue weighted by Crippen LogP contribution is 2.43. The van der Waals surface area contributed by atoms with E-state index in [0.29, 0.717) is 22.8 Å². The molecule has 2 aliphatic rings. The van der Waals surface area contributed by atoms with Gasteiger partial charge in [-0.2, -0.15) is 0 Å². The van der Waals surface area contributed by atoms with Gasteiger partial charge < -0.3 is 9.67 Å². The Labute approximate surface area is 199 Å². The second kappa shape index (κ2) is 8.06. The number of fused-ring (bicyclic) bond motifs is 1. The molecule has 0 radical (unpaired) electrons. The number of aryl methyl sites for hydroxylation is 1. The molecule has 0 unspecified atom stereocenters. The molecule has 6 rings (SSSR count). The van der Waals surface area contributed by atoms with Crippen LogP contribution in [0.25, 0.3) is 22.5 Å². The van der Waals surface area contributed by atoms with Crippen LogP contribution in [0.15, 0.2) is 48.8 Å². The molecule has 1 saturated carbocycles. The Kier molecular flexibility index (Phi) is 4.96. The molecule has 35 heavy (non-hydrogen) atoms. The monoisotopic (exact) mass is 473 g/mol. The Morgan fingerprint density at radius 3 is 2.60 bits per heavy atom. The summed E-state index contributed by atoms with van der Waals surface area (Å²) in [5.74, 6) is -0.0933. The van der Waals surface area contributed by atoms with E-state index in [1.807, 2.05) is 6.07 Å². The quantitative estimate of drug-likeness (QED) is 0.466. The molecule has 0 saturated heterocycles. The van der Waals surface area contributed by atoms with Gasteiger partial charge in [-0.1, -0.05) is 6.07 Å². The number of hydrogen-bond donors (Lipinski definition) is 1. The number of benzene rings is 2. The number of hydrogen-bond acceptors (Lipinski definition) is 5. The summed E-state index contributed by atoms with van der Waals surface area (Å²) in [6.45, 7) is -0.307. The lowest BCUT2D eigenvalue weighted by Gasteiger charge is -2.18. The van der Waals surface area contributed by atoms with E-state index in [4.69, 9.17) is 4.98 Å². The Morgan fingerprint density at radius 1 is 1.06 bits per heavy atom. The largest absolute Gasteiger partial charge is 0.392 e. The summed E-state index contributed by atoms with van der Waals surface area (Å²) in [5.41, 5.74) is 3.76. The van der Waals surface area contributed by atoms with Gasteiger partial charge in [0.25, 0.3) is 5.91 Å². The third-order valence-electron chi connectivity index (χ3n) is 6.58. The van der Waals surface area contributed by atoms with Crippen molar-refractivity contribution in [3.8, 4) is 22.5 Å². The van der Waals surface area contributed by atoms with Crippen LogP contribution in [0.2, 0.25) is 0 Å². The van der Waals surface area contributed by atoms with E-state index >= 15 is 0 Å². The van der Waals surface area contributed by atoms with Crippen LogP contribution < -0.4 is 4.90 Å². The maximum absolute atomic E-state index is 14.7. The van der Waals surface area contributed by atoms with E-state index in [1.165, 1.54) is 29.2 Å². The molecule has 1 aliphatic heterocycles. The van der Waals surface area contributed by atoms with E-state index in [2.05, 4.69) is 10.2 Å². The molecule has 1 N–H and O–H groups in total. The minimum absolute atomic E-state index is 0.0475. The fourth-order valence-electron chi connectivity index (χ4n) is 4.60. The van der Waals surface area contributed by atoms with Crippen molar-refractivity contribution in [3.05, 3.63) is 82.8 Å². The van der Waals surface area contributed by atoms with Crippen LogP contribution in [-0.4, -0.2) is 30.8 Å². The zero-order valence-corrected chi connectivity index (χ0v) is 18.9. The summed E-state index contributed by atoms with van der Waals surface area (Å²) in [6.07, 6.45) is 3.54. The molecule has 0 spiro atoms. The van der Waals surface area contributed by atoms with E-state index in [-0.39, 0.29) is 36.1 Å². The van der Waals surface area contributed by atoms with Gasteiger partial charge in [0.05, 0.1) is 13.2 Å². The zero-order chi connectivity index (χ0) is 24.3. The van der Waals surface area contributed by atoms with Crippen LogP contribution in [-0.2, 0) is 20.2 Å². The lowest BCUT2D eigenvalue weighted by atomic mass is 9.98. The third kappa shape index (κ3) is 3.68. The molecule has 9 heteroatoms. The van der Waals surface area contributed by atoms with Crippen molar-refractivity contribution in [2.24, 2.45) is 7.05 Å². The maximum atomic E-state index is 14.7. The second-order valence-corrected chi connectivity index (χ2v) is 9.02. The van der Waals surface area contributed by atoms with Gasteiger partial charge in [-0.25, -0.2) is 13.8 Å². The smallest absolute Gasteiger partial charge is 0.260 e. The first kappa shape index (κ1) is 21.5. The van der Waals surface area contributed by atoms with Gasteiger partial charge in [-0.3, -0.25) is 9.69 Å². The molecule has 2 aromatic carbocycles. The predicted octanol–water partition coefficient (Wildman–Crippen LogP) is 4.35. The molecule has 2 aromatic heterocycles. The van der Waals surface area contributed by atoms with Crippen LogP contribution in [0.4, 0.5) is 14.6 Å². The maximum Gasteiger partial charge on any atom is 0.260 e.